The Morgan fingerprint density at radius 3 is 2.57 bits per heavy atom. The van der Waals surface area contributed by atoms with E-state index in [0.29, 0.717) is 5.69 Å². The number of hydrogen-bond donors (Lipinski definition) is 2. The lowest BCUT2D eigenvalue weighted by atomic mass is 10.1. The van der Waals surface area contributed by atoms with Crippen LogP contribution in [0, 0.1) is 19.8 Å². The van der Waals surface area contributed by atoms with Crippen LogP contribution in [0.4, 0.5) is 10.8 Å². The third-order valence-corrected chi connectivity index (χ3v) is 5.81. The zero-order chi connectivity index (χ0) is 17.2. The minimum absolute atomic E-state index is 0.157. The Labute approximate surface area is 139 Å². The number of rotatable bonds is 5. The van der Waals surface area contributed by atoms with Crippen LogP contribution in [0.3, 0.4) is 0 Å². The predicted molar refractivity (Wildman–Crippen MR) is 90.1 cm³/mol. The van der Waals surface area contributed by atoms with E-state index in [1.807, 2.05) is 19.9 Å². The molecule has 124 valence electrons. The zero-order valence-corrected chi connectivity index (χ0v) is 14.9. The largest absolute Gasteiger partial charge is 0.300 e. The van der Waals surface area contributed by atoms with Gasteiger partial charge in [0.15, 0.2) is 0 Å². The van der Waals surface area contributed by atoms with Gasteiger partial charge in [0.1, 0.15) is 0 Å². The summed E-state index contributed by atoms with van der Waals surface area (Å²) in [5.74, 6) is -0.473. The lowest BCUT2D eigenvalue weighted by Gasteiger charge is -2.10. The summed E-state index contributed by atoms with van der Waals surface area (Å²) in [4.78, 5) is 11.6. The summed E-state index contributed by atoms with van der Waals surface area (Å²) < 4.78 is 27.1. The van der Waals surface area contributed by atoms with Crippen molar-refractivity contribution in [3.63, 3.8) is 0 Å². The maximum atomic E-state index is 12.4. The van der Waals surface area contributed by atoms with Crippen LogP contribution in [-0.4, -0.2) is 24.5 Å². The first kappa shape index (κ1) is 17.4. The van der Waals surface area contributed by atoms with Gasteiger partial charge in [-0.25, -0.2) is 0 Å². The first-order chi connectivity index (χ1) is 10.7. The van der Waals surface area contributed by atoms with E-state index in [9.17, 15) is 13.2 Å². The van der Waals surface area contributed by atoms with Crippen molar-refractivity contribution in [1.29, 1.82) is 0 Å². The Balaban J connectivity index is 2.22. The zero-order valence-electron chi connectivity index (χ0n) is 13.2. The number of hydrogen-bond acceptors (Lipinski definition) is 6. The summed E-state index contributed by atoms with van der Waals surface area (Å²) in [6.07, 6.45) is 0. The number of aromatic nitrogens is 2. The molecule has 7 nitrogen and oxygen atoms in total. The van der Waals surface area contributed by atoms with Gasteiger partial charge < -0.3 is 5.32 Å². The highest BCUT2D eigenvalue weighted by atomic mass is 32.2. The van der Waals surface area contributed by atoms with Crippen LogP contribution in [0.5, 0.6) is 0 Å². The number of anilines is 2. The maximum Gasteiger partial charge on any atom is 0.291 e. The van der Waals surface area contributed by atoms with E-state index in [1.54, 1.807) is 26.0 Å². The van der Waals surface area contributed by atoms with E-state index in [4.69, 9.17) is 0 Å². The number of aryl methyl sites for hydroxylation is 1. The van der Waals surface area contributed by atoms with Crippen molar-refractivity contribution in [2.24, 2.45) is 5.92 Å². The lowest BCUT2D eigenvalue weighted by molar-refractivity contribution is -0.118. The maximum absolute atomic E-state index is 12.4. The number of carbonyl (C=O) groups is 1. The van der Waals surface area contributed by atoms with Crippen LogP contribution in [-0.2, 0) is 14.8 Å². The van der Waals surface area contributed by atoms with Crippen LogP contribution < -0.4 is 10.0 Å². The number of carbonyl (C=O) groups excluding carboxylic acids is 1. The van der Waals surface area contributed by atoms with Crippen molar-refractivity contribution in [1.82, 2.24) is 10.2 Å². The van der Waals surface area contributed by atoms with E-state index >= 15 is 0 Å². The van der Waals surface area contributed by atoms with Gasteiger partial charge in [-0.1, -0.05) is 37.3 Å². The SMILES string of the molecule is Cc1cccc(NS(=O)(=O)c2nnc(NC(=O)C(C)C)s2)c1C. The summed E-state index contributed by atoms with van der Waals surface area (Å²) in [6.45, 7) is 7.20. The molecule has 0 saturated heterocycles. The van der Waals surface area contributed by atoms with Gasteiger partial charge in [-0.05, 0) is 31.0 Å². The molecule has 0 atom stereocenters. The third kappa shape index (κ3) is 4.05. The van der Waals surface area contributed by atoms with Gasteiger partial charge in [0, 0.05) is 5.92 Å². The van der Waals surface area contributed by atoms with E-state index in [-0.39, 0.29) is 21.3 Å². The van der Waals surface area contributed by atoms with Crippen LogP contribution in [0.2, 0.25) is 0 Å². The normalized spacial score (nSPS) is 11.5. The molecular weight excluding hydrogens is 336 g/mol. The second-order valence-electron chi connectivity index (χ2n) is 5.37. The molecule has 23 heavy (non-hydrogen) atoms. The fraction of sp³-hybridized carbons (Fsp3) is 0.357. The Bertz CT molecular complexity index is 828. The summed E-state index contributed by atoms with van der Waals surface area (Å²) in [5, 5.41) is 10.0. The summed E-state index contributed by atoms with van der Waals surface area (Å²) in [7, 11) is -3.84. The van der Waals surface area contributed by atoms with Gasteiger partial charge in [-0.15, -0.1) is 10.2 Å². The van der Waals surface area contributed by atoms with Crippen molar-refractivity contribution >= 4 is 38.1 Å². The molecule has 9 heteroatoms. The van der Waals surface area contributed by atoms with Gasteiger partial charge in [-0.3, -0.25) is 9.52 Å². The molecule has 2 N–H and O–H groups in total. The first-order valence-electron chi connectivity index (χ1n) is 6.94. The molecule has 1 aromatic heterocycles. The summed E-state index contributed by atoms with van der Waals surface area (Å²) >= 11 is 0.810. The summed E-state index contributed by atoms with van der Waals surface area (Å²) in [6, 6.07) is 5.36. The molecule has 0 aliphatic heterocycles. The average molecular weight is 354 g/mol. The number of sulfonamides is 1. The molecule has 0 fully saturated rings. The fourth-order valence-corrected chi connectivity index (χ4v) is 3.70. The highest BCUT2D eigenvalue weighted by Crippen LogP contribution is 2.25. The van der Waals surface area contributed by atoms with Crippen LogP contribution in [0.25, 0.3) is 0 Å². The third-order valence-electron chi connectivity index (χ3n) is 3.24. The molecule has 0 aliphatic rings. The topological polar surface area (TPSA) is 101 Å². The second kappa shape index (κ2) is 6.63. The molecule has 1 aromatic carbocycles. The lowest BCUT2D eigenvalue weighted by Crippen LogP contribution is -2.17. The minimum atomic E-state index is -3.84. The second-order valence-corrected chi connectivity index (χ2v) is 8.20. The molecule has 2 aromatic rings. The molecule has 0 bridgehead atoms. The monoisotopic (exact) mass is 354 g/mol. The Morgan fingerprint density at radius 1 is 1.22 bits per heavy atom. The van der Waals surface area contributed by atoms with Crippen molar-refractivity contribution in [3.05, 3.63) is 29.3 Å². The van der Waals surface area contributed by atoms with Crippen molar-refractivity contribution in [2.45, 2.75) is 32.0 Å². The van der Waals surface area contributed by atoms with Crippen molar-refractivity contribution in [2.75, 3.05) is 10.0 Å². The van der Waals surface area contributed by atoms with Gasteiger partial charge in [-0.2, -0.15) is 8.42 Å². The van der Waals surface area contributed by atoms with Crippen molar-refractivity contribution < 1.29 is 13.2 Å². The number of benzene rings is 1. The van der Waals surface area contributed by atoms with Gasteiger partial charge in [0.05, 0.1) is 5.69 Å². The molecule has 0 spiro atoms. The molecule has 0 radical (unpaired) electrons. The highest BCUT2D eigenvalue weighted by Gasteiger charge is 2.22. The van der Waals surface area contributed by atoms with Crippen LogP contribution in [0.1, 0.15) is 25.0 Å². The summed E-state index contributed by atoms with van der Waals surface area (Å²) in [5.41, 5.74) is 2.31. The number of nitrogens with zero attached hydrogens (tertiary/aromatic N) is 2. The minimum Gasteiger partial charge on any atom is -0.300 e. The fourth-order valence-electron chi connectivity index (χ4n) is 1.67. The van der Waals surface area contributed by atoms with Gasteiger partial charge >= 0.3 is 0 Å². The van der Waals surface area contributed by atoms with E-state index in [0.717, 1.165) is 22.5 Å². The first-order valence-corrected chi connectivity index (χ1v) is 9.24. The Kier molecular flexibility index (Phi) is 5.00. The Hall–Kier alpha value is -2.00. The molecule has 2 rings (SSSR count). The van der Waals surface area contributed by atoms with Gasteiger partial charge in [0.2, 0.25) is 11.0 Å². The molecule has 1 heterocycles. The quantitative estimate of drug-likeness (QED) is 0.804. The molecule has 1 amide bonds. The standard InChI is InChI=1S/C14H18N4O3S2/c1-8(2)12(19)15-13-16-17-14(22-13)23(20,21)18-11-7-5-6-9(3)10(11)4/h5-8,18H,1-4H3,(H,15,16,19). The van der Waals surface area contributed by atoms with E-state index in [1.165, 1.54) is 0 Å². The molecule has 0 saturated carbocycles. The average Bonchev–Trinajstić information content (AvgIpc) is 2.93. The molecule has 0 aliphatic carbocycles. The van der Waals surface area contributed by atoms with E-state index < -0.39 is 10.0 Å². The highest BCUT2D eigenvalue weighted by molar-refractivity contribution is 7.94. The van der Waals surface area contributed by atoms with Gasteiger partial charge in [0.25, 0.3) is 14.4 Å². The smallest absolute Gasteiger partial charge is 0.291 e. The van der Waals surface area contributed by atoms with Crippen LogP contribution in [0.15, 0.2) is 22.5 Å². The molecular formula is C14H18N4O3S2. The number of amides is 1. The number of nitrogens with one attached hydrogen (secondary N) is 2. The van der Waals surface area contributed by atoms with Crippen LogP contribution >= 0.6 is 11.3 Å². The Morgan fingerprint density at radius 2 is 1.91 bits per heavy atom. The molecule has 0 unspecified atom stereocenters. The predicted octanol–water partition coefficient (Wildman–Crippen LogP) is 2.55. The van der Waals surface area contributed by atoms with Crippen molar-refractivity contribution in [3.8, 4) is 0 Å². The van der Waals surface area contributed by atoms with E-state index in [2.05, 4.69) is 20.2 Å².